The SMILES string of the molecule is CC/C=C\C/C=C\C/C=C\C/C=C\CCCCCCCCCCCCCCCCCCC(=O)OC(COC(=O)CCCCCCC/C=C\CCCCCCC)COP(=O)(O)OCC[N+](C)(C)C. The number of phosphoric ester groups is 1. The van der Waals surface area contributed by atoms with E-state index in [9.17, 15) is 19.0 Å². The highest BCUT2D eigenvalue weighted by atomic mass is 31.2. The molecule has 0 rings (SSSR count). The molecule has 0 fully saturated rings. The number of esters is 2. The molecule has 10 heteroatoms. The lowest BCUT2D eigenvalue weighted by Crippen LogP contribution is -2.37. The maximum absolute atomic E-state index is 12.8. The molecular weight excluding hydrogens is 858 g/mol. The van der Waals surface area contributed by atoms with Crippen molar-refractivity contribution in [2.75, 3.05) is 47.5 Å². The van der Waals surface area contributed by atoms with E-state index < -0.39 is 26.5 Å². The zero-order valence-corrected chi connectivity index (χ0v) is 45.0. The number of hydrogen-bond donors (Lipinski definition) is 1. The van der Waals surface area contributed by atoms with Crippen molar-refractivity contribution in [3.8, 4) is 0 Å². The fourth-order valence-corrected chi connectivity index (χ4v) is 8.27. The van der Waals surface area contributed by atoms with Crippen LogP contribution in [0.3, 0.4) is 0 Å². The van der Waals surface area contributed by atoms with Crippen molar-refractivity contribution < 1.29 is 42.1 Å². The summed E-state index contributed by atoms with van der Waals surface area (Å²) in [7, 11) is 1.47. The summed E-state index contributed by atoms with van der Waals surface area (Å²) >= 11 is 0. The molecule has 2 atom stereocenters. The lowest BCUT2D eigenvalue weighted by atomic mass is 10.0. The summed E-state index contributed by atoms with van der Waals surface area (Å²) in [5.74, 6) is -0.803. The fourth-order valence-electron chi connectivity index (χ4n) is 7.53. The van der Waals surface area contributed by atoms with Crippen molar-refractivity contribution in [2.24, 2.45) is 0 Å². The molecule has 0 aromatic heterocycles. The van der Waals surface area contributed by atoms with Gasteiger partial charge >= 0.3 is 19.8 Å². The van der Waals surface area contributed by atoms with E-state index in [1.165, 1.54) is 128 Å². The van der Waals surface area contributed by atoms with Gasteiger partial charge in [0.05, 0.1) is 27.7 Å². The Bertz CT molecular complexity index is 1320. The van der Waals surface area contributed by atoms with Gasteiger partial charge in [0, 0.05) is 12.8 Å². The van der Waals surface area contributed by atoms with Crippen LogP contribution in [0.5, 0.6) is 0 Å². The largest absolute Gasteiger partial charge is 0.472 e. The number of nitrogens with zero attached hydrogens (tertiary/aromatic N) is 1. The van der Waals surface area contributed by atoms with Crippen LogP contribution in [0, 0.1) is 0 Å². The second-order valence-electron chi connectivity index (χ2n) is 19.6. The molecule has 2 unspecified atom stereocenters. The van der Waals surface area contributed by atoms with Gasteiger partial charge in [-0.15, -0.1) is 0 Å². The number of ether oxygens (including phenoxy) is 2. The molecule has 0 aliphatic carbocycles. The molecule has 1 N–H and O–H groups in total. The average Bonchev–Trinajstić information content (AvgIpc) is 3.29. The molecule has 0 heterocycles. The molecule has 0 saturated carbocycles. The van der Waals surface area contributed by atoms with E-state index in [-0.39, 0.29) is 32.0 Å². The first-order valence-electron chi connectivity index (χ1n) is 27.5. The highest BCUT2D eigenvalue weighted by Crippen LogP contribution is 2.43. The van der Waals surface area contributed by atoms with E-state index in [2.05, 4.69) is 74.6 Å². The first-order chi connectivity index (χ1) is 32.5. The summed E-state index contributed by atoms with van der Waals surface area (Å²) in [4.78, 5) is 35.6. The van der Waals surface area contributed by atoms with Gasteiger partial charge in [-0.2, -0.15) is 0 Å². The Hall–Kier alpha value is -2.29. The van der Waals surface area contributed by atoms with Crippen molar-refractivity contribution in [3.63, 3.8) is 0 Å². The average molecular weight is 963 g/mol. The van der Waals surface area contributed by atoms with Crippen LogP contribution in [-0.2, 0) is 32.7 Å². The van der Waals surface area contributed by atoms with Crippen LogP contribution in [-0.4, -0.2) is 74.9 Å². The van der Waals surface area contributed by atoms with Gasteiger partial charge in [0.1, 0.15) is 19.8 Å². The summed E-state index contributed by atoms with van der Waals surface area (Å²) < 4.78 is 34.5. The summed E-state index contributed by atoms with van der Waals surface area (Å²) in [6, 6.07) is 0. The Morgan fingerprint density at radius 1 is 0.478 bits per heavy atom. The normalized spacial score (nSPS) is 13.8. The van der Waals surface area contributed by atoms with Gasteiger partial charge in [-0.25, -0.2) is 4.57 Å². The van der Waals surface area contributed by atoms with Crippen molar-refractivity contribution >= 4 is 19.8 Å². The third kappa shape index (κ3) is 52.9. The van der Waals surface area contributed by atoms with Gasteiger partial charge in [0.2, 0.25) is 0 Å². The van der Waals surface area contributed by atoms with E-state index >= 15 is 0 Å². The van der Waals surface area contributed by atoms with E-state index in [0.29, 0.717) is 17.4 Å². The maximum Gasteiger partial charge on any atom is 0.472 e. The fraction of sp³-hybridized carbons (Fsp3) is 0.789. The summed E-state index contributed by atoms with van der Waals surface area (Å²) in [5, 5.41) is 0. The predicted molar refractivity (Wildman–Crippen MR) is 284 cm³/mol. The smallest absolute Gasteiger partial charge is 0.462 e. The molecule has 0 radical (unpaired) electrons. The highest BCUT2D eigenvalue weighted by molar-refractivity contribution is 7.47. The van der Waals surface area contributed by atoms with Crippen LogP contribution in [0.4, 0.5) is 0 Å². The molecular formula is C57H105NO8P+. The quantitative estimate of drug-likeness (QED) is 0.0211. The number of carbonyl (C=O) groups excluding carboxylic acids is 2. The number of hydrogen-bond acceptors (Lipinski definition) is 7. The summed E-state index contributed by atoms with van der Waals surface area (Å²) in [6.07, 6.45) is 61.4. The summed E-state index contributed by atoms with van der Waals surface area (Å²) in [5.41, 5.74) is 0. The third-order valence-electron chi connectivity index (χ3n) is 11.8. The Morgan fingerprint density at radius 2 is 0.851 bits per heavy atom. The van der Waals surface area contributed by atoms with Gasteiger partial charge in [-0.05, 0) is 77.0 Å². The minimum Gasteiger partial charge on any atom is -0.462 e. The number of phosphoric acid groups is 1. The van der Waals surface area contributed by atoms with E-state index in [1.807, 2.05) is 21.1 Å². The van der Waals surface area contributed by atoms with Crippen molar-refractivity contribution in [3.05, 3.63) is 60.8 Å². The zero-order valence-electron chi connectivity index (χ0n) is 44.1. The third-order valence-corrected chi connectivity index (χ3v) is 12.8. The molecule has 0 aliphatic rings. The zero-order chi connectivity index (χ0) is 49.2. The highest BCUT2D eigenvalue weighted by Gasteiger charge is 2.27. The molecule has 0 spiro atoms. The first-order valence-corrected chi connectivity index (χ1v) is 29.0. The predicted octanol–water partition coefficient (Wildman–Crippen LogP) is 16.8. The van der Waals surface area contributed by atoms with Crippen LogP contribution < -0.4 is 0 Å². The van der Waals surface area contributed by atoms with Gasteiger partial charge < -0.3 is 18.9 Å². The monoisotopic (exact) mass is 963 g/mol. The molecule has 0 aliphatic heterocycles. The van der Waals surface area contributed by atoms with Crippen LogP contribution in [0.1, 0.15) is 239 Å². The number of quaternary nitrogens is 1. The van der Waals surface area contributed by atoms with Gasteiger partial charge in [0.15, 0.2) is 6.10 Å². The number of carbonyl (C=O) groups is 2. The van der Waals surface area contributed by atoms with Gasteiger partial charge in [0.25, 0.3) is 0 Å². The molecule has 0 bridgehead atoms. The van der Waals surface area contributed by atoms with E-state index in [0.717, 1.165) is 77.0 Å². The second kappa shape index (κ2) is 48.7. The topological polar surface area (TPSA) is 108 Å². The molecule has 9 nitrogen and oxygen atoms in total. The standard InChI is InChI=1S/C57H104NO8P/c1-6-8-10-12-14-16-18-20-22-23-24-25-26-27-28-29-30-31-32-33-34-35-36-38-40-42-44-46-48-50-57(60)66-55(54-65-67(61,62)64-52-51-58(3,4)5)53-63-56(59)49-47-45-43-41-39-37-21-19-17-15-13-11-9-7-2/h8,10,14,16,19-22,24-25,55H,6-7,9,11-13,15,17-18,23,26-54H2,1-5H3/p+1/b10-8-,16-14-,21-19-,22-20-,25-24-. The van der Waals surface area contributed by atoms with Crippen molar-refractivity contribution in [2.45, 2.75) is 245 Å². The van der Waals surface area contributed by atoms with Crippen molar-refractivity contribution in [1.82, 2.24) is 0 Å². The first kappa shape index (κ1) is 64.7. The van der Waals surface area contributed by atoms with Crippen LogP contribution >= 0.6 is 7.82 Å². The van der Waals surface area contributed by atoms with E-state index in [1.54, 1.807) is 0 Å². The molecule has 390 valence electrons. The van der Waals surface area contributed by atoms with E-state index in [4.69, 9.17) is 18.5 Å². The molecule has 67 heavy (non-hydrogen) atoms. The van der Waals surface area contributed by atoms with Crippen LogP contribution in [0.2, 0.25) is 0 Å². The molecule has 0 aromatic rings. The minimum atomic E-state index is -4.38. The number of likely N-dealkylation sites (N-methyl/N-ethyl adjacent to an activating group) is 1. The molecule has 0 aromatic carbocycles. The van der Waals surface area contributed by atoms with Gasteiger partial charge in [-0.1, -0.05) is 209 Å². The Balaban J connectivity index is 4.11. The van der Waals surface area contributed by atoms with Crippen LogP contribution in [0.15, 0.2) is 60.8 Å². The Kier molecular flexibility index (Phi) is 47.1. The lowest BCUT2D eigenvalue weighted by Gasteiger charge is -2.24. The Morgan fingerprint density at radius 3 is 1.28 bits per heavy atom. The maximum atomic E-state index is 12.8. The number of allylic oxidation sites excluding steroid dienone is 10. The Labute approximate surface area is 413 Å². The second-order valence-corrected chi connectivity index (χ2v) is 21.0. The van der Waals surface area contributed by atoms with Crippen LogP contribution in [0.25, 0.3) is 0 Å². The number of unbranched alkanes of at least 4 members (excludes halogenated alkanes) is 26. The molecule has 0 saturated heterocycles. The lowest BCUT2D eigenvalue weighted by molar-refractivity contribution is -0.870. The molecule has 0 amide bonds. The van der Waals surface area contributed by atoms with Gasteiger partial charge in [-0.3, -0.25) is 18.6 Å². The van der Waals surface area contributed by atoms with Crippen molar-refractivity contribution in [1.29, 1.82) is 0 Å². The summed E-state index contributed by atoms with van der Waals surface area (Å²) in [6.45, 7) is 4.31. The minimum absolute atomic E-state index is 0.0300. The number of rotatable bonds is 50.